The van der Waals surface area contributed by atoms with Gasteiger partial charge in [-0.25, -0.2) is 13.6 Å². The van der Waals surface area contributed by atoms with Crippen molar-refractivity contribution in [1.29, 1.82) is 0 Å². The zero-order valence-electron chi connectivity index (χ0n) is 14.5. The van der Waals surface area contributed by atoms with Gasteiger partial charge in [-0.15, -0.1) is 0 Å². The van der Waals surface area contributed by atoms with Crippen LogP contribution in [0.4, 0.5) is 13.6 Å². The Bertz CT molecular complexity index is 725. The molecule has 8 heteroatoms. The summed E-state index contributed by atoms with van der Waals surface area (Å²) in [4.78, 5) is 11.0. The van der Waals surface area contributed by atoms with Gasteiger partial charge >= 0.3 is 6.09 Å². The third kappa shape index (κ3) is 6.93. The van der Waals surface area contributed by atoms with Gasteiger partial charge in [0.1, 0.15) is 11.6 Å². The first-order valence-electron chi connectivity index (χ1n) is 8.41. The van der Waals surface area contributed by atoms with Crippen LogP contribution in [0.3, 0.4) is 0 Å². The van der Waals surface area contributed by atoms with Crippen LogP contribution in [0.2, 0.25) is 0 Å². The topological polar surface area (TPSA) is 102 Å². The molecule has 0 heterocycles. The van der Waals surface area contributed by atoms with Gasteiger partial charge < -0.3 is 26.0 Å². The SMILES string of the molecule is O=C(O)NC(Cc1cc(F)cc(F)c1)C(O)CNCC(O)c1ccccc1. The lowest BCUT2D eigenvalue weighted by molar-refractivity contribution is 0.110. The molecule has 0 bridgehead atoms. The molecule has 27 heavy (non-hydrogen) atoms. The first kappa shape index (κ1) is 20.8. The average molecular weight is 380 g/mol. The molecule has 0 spiro atoms. The molecule has 2 aromatic carbocycles. The fourth-order valence-corrected chi connectivity index (χ4v) is 2.73. The fraction of sp³-hybridized carbons (Fsp3) is 0.316. The smallest absolute Gasteiger partial charge is 0.404 e. The van der Waals surface area contributed by atoms with Gasteiger partial charge in [0, 0.05) is 19.2 Å². The van der Waals surface area contributed by atoms with Crippen LogP contribution < -0.4 is 10.6 Å². The zero-order valence-corrected chi connectivity index (χ0v) is 14.5. The number of hydrogen-bond donors (Lipinski definition) is 5. The number of hydrogen-bond acceptors (Lipinski definition) is 4. The Morgan fingerprint density at radius 3 is 2.22 bits per heavy atom. The lowest BCUT2D eigenvalue weighted by Crippen LogP contribution is -2.48. The summed E-state index contributed by atoms with van der Waals surface area (Å²) in [5.41, 5.74) is 0.921. The summed E-state index contributed by atoms with van der Waals surface area (Å²) in [6.45, 7) is 0.127. The minimum atomic E-state index is -1.36. The van der Waals surface area contributed by atoms with Gasteiger partial charge in [-0.1, -0.05) is 30.3 Å². The molecule has 3 atom stereocenters. The minimum absolute atomic E-state index is 0.0212. The second-order valence-corrected chi connectivity index (χ2v) is 6.19. The van der Waals surface area contributed by atoms with Crippen molar-refractivity contribution in [2.45, 2.75) is 24.7 Å². The van der Waals surface area contributed by atoms with Crippen molar-refractivity contribution < 1.29 is 28.9 Å². The predicted octanol–water partition coefficient (Wildman–Crippen LogP) is 1.83. The van der Waals surface area contributed by atoms with Crippen molar-refractivity contribution in [3.63, 3.8) is 0 Å². The minimum Gasteiger partial charge on any atom is -0.465 e. The van der Waals surface area contributed by atoms with E-state index in [0.29, 0.717) is 11.6 Å². The molecule has 0 saturated carbocycles. The first-order valence-corrected chi connectivity index (χ1v) is 8.41. The van der Waals surface area contributed by atoms with E-state index >= 15 is 0 Å². The average Bonchev–Trinajstić information content (AvgIpc) is 2.60. The molecule has 0 aliphatic rings. The molecule has 5 N–H and O–H groups in total. The lowest BCUT2D eigenvalue weighted by Gasteiger charge is -2.24. The van der Waals surface area contributed by atoms with E-state index in [1.54, 1.807) is 24.3 Å². The summed E-state index contributed by atoms with van der Waals surface area (Å²) in [6.07, 6.45) is -3.41. The van der Waals surface area contributed by atoms with E-state index in [0.717, 1.165) is 12.1 Å². The van der Waals surface area contributed by atoms with Gasteiger partial charge in [0.05, 0.1) is 18.2 Å². The normalized spacial score (nSPS) is 14.4. The summed E-state index contributed by atoms with van der Waals surface area (Å²) in [5, 5.41) is 34.3. The van der Waals surface area contributed by atoms with E-state index in [2.05, 4.69) is 10.6 Å². The Morgan fingerprint density at radius 2 is 1.63 bits per heavy atom. The molecular weight excluding hydrogens is 358 g/mol. The van der Waals surface area contributed by atoms with E-state index in [-0.39, 0.29) is 25.1 Å². The molecule has 3 unspecified atom stereocenters. The number of aliphatic hydroxyl groups is 2. The highest BCUT2D eigenvalue weighted by Gasteiger charge is 2.22. The summed E-state index contributed by atoms with van der Waals surface area (Å²) >= 11 is 0. The van der Waals surface area contributed by atoms with Gasteiger partial charge in [0.25, 0.3) is 0 Å². The molecule has 0 radical (unpaired) electrons. The Hall–Kier alpha value is -2.55. The quantitative estimate of drug-likeness (QED) is 0.457. The van der Waals surface area contributed by atoms with Gasteiger partial charge in [-0.3, -0.25) is 0 Å². The van der Waals surface area contributed by atoms with Crippen LogP contribution in [0.25, 0.3) is 0 Å². The number of aliphatic hydroxyl groups excluding tert-OH is 2. The number of benzene rings is 2. The predicted molar refractivity (Wildman–Crippen MR) is 95.3 cm³/mol. The van der Waals surface area contributed by atoms with E-state index in [4.69, 9.17) is 5.11 Å². The molecule has 6 nitrogen and oxygen atoms in total. The van der Waals surface area contributed by atoms with Crippen molar-refractivity contribution in [3.8, 4) is 0 Å². The Kier molecular flexibility index (Phi) is 7.66. The van der Waals surface area contributed by atoms with Crippen LogP contribution in [-0.4, -0.2) is 46.6 Å². The van der Waals surface area contributed by atoms with Gasteiger partial charge in [-0.2, -0.15) is 0 Å². The largest absolute Gasteiger partial charge is 0.465 e. The summed E-state index contributed by atoms with van der Waals surface area (Å²) in [6, 6.07) is 10.8. The van der Waals surface area contributed by atoms with Crippen LogP contribution in [-0.2, 0) is 6.42 Å². The summed E-state index contributed by atoms with van der Waals surface area (Å²) < 4.78 is 26.6. The molecular formula is C19H22F2N2O4. The van der Waals surface area contributed by atoms with Gasteiger partial charge in [0.15, 0.2) is 0 Å². The second kappa shape index (κ2) is 9.96. The maximum absolute atomic E-state index is 13.3. The molecule has 0 aliphatic heterocycles. The van der Waals surface area contributed by atoms with E-state index in [9.17, 15) is 23.8 Å². The number of halogens is 2. The number of carboxylic acid groups (broad SMARTS) is 1. The number of amides is 1. The highest BCUT2D eigenvalue weighted by Crippen LogP contribution is 2.13. The van der Waals surface area contributed by atoms with Crippen LogP contribution in [0.5, 0.6) is 0 Å². The highest BCUT2D eigenvalue weighted by molar-refractivity contribution is 5.65. The number of carbonyl (C=O) groups is 1. The van der Waals surface area contributed by atoms with E-state index < -0.39 is 36.0 Å². The van der Waals surface area contributed by atoms with Gasteiger partial charge in [-0.05, 0) is 29.7 Å². The third-order valence-corrected chi connectivity index (χ3v) is 4.03. The first-order chi connectivity index (χ1) is 12.8. The van der Waals surface area contributed by atoms with Crippen molar-refractivity contribution >= 4 is 6.09 Å². The third-order valence-electron chi connectivity index (χ3n) is 4.03. The maximum Gasteiger partial charge on any atom is 0.404 e. The van der Waals surface area contributed by atoms with Crippen LogP contribution in [0.15, 0.2) is 48.5 Å². The standard InChI is InChI=1S/C19H22F2N2O4/c20-14-6-12(7-15(21)9-14)8-16(23-19(26)27)18(25)11-22-10-17(24)13-4-2-1-3-5-13/h1-7,9,16-18,22-25H,8,10-11H2,(H,26,27). The monoisotopic (exact) mass is 380 g/mol. The van der Waals surface area contributed by atoms with Crippen LogP contribution in [0.1, 0.15) is 17.2 Å². The maximum atomic E-state index is 13.3. The Labute approximate surface area is 155 Å². The van der Waals surface area contributed by atoms with E-state index in [1.807, 2.05) is 6.07 Å². The van der Waals surface area contributed by atoms with Crippen molar-refractivity contribution in [1.82, 2.24) is 10.6 Å². The number of nitrogens with one attached hydrogen (secondary N) is 2. The molecule has 1 amide bonds. The lowest BCUT2D eigenvalue weighted by atomic mass is 10.0. The van der Waals surface area contributed by atoms with Crippen molar-refractivity contribution in [3.05, 3.63) is 71.3 Å². The molecule has 0 saturated heterocycles. The Balaban J connectivity index is 1.93. The molecule has 0 fully saturated rings. The van der Waals surface area contributed by atoms with Crippen molar-refractivity contribution in [2.75, 3.05) is 13.1 Å². The van der Waals surface area contributed by atoms with E-state index in [1.165, 1.54) is 0 Å². The fourth-order valence-electron chi connectivity index (χ4n) is 2.73. The van der Waals surface area contributed by atoms with Crippen LogP contribution >= 0.6 is 0 Å². The van der Waals surface area contributed by atoms with Gasteiger partial charge in [0.2, 0.25) is 0 Å². The second-order valence-electron chi connectivity index (χ2n) is 6.19. The molecule has 146 valence electrons. The molecule has 0 aliphatic carbocycles. The molecule has 2 aromatic rings. The molecule has 0 aromatic heterocycles. The summed E-state index contributed by atoms with van der Waals surface area (Å²) in [7, 11) is 0. The highest BCUT2D eigenvalue weighted by atomic mass is 19.1. The van der Waals surface area contributed by atoms with Crippen LogP contribution in [0, 0.1) is 11.6 Å². The van der Waals surface area contributed by atoms with Crippen molar-refractivity contribution in [2.24, 2.45) is 0 Å². The number of rotatable bonds is 9. The summed E-state index contributed by atoms with van der Waals surface area (Å²) in [5.74, 6) is -1.56. The molecule has 2 rings (SSSR count). The Morgan fingerprint density at radius 1 is 1.00 bits per heavy atom. The zero-order chi connectivity index (χ0) is 19.8.